The summed E-state index contributed by atoms with van der Waals surface area (Å²) < 4.78 is 2.28. The Bertz CT molecular complexity index is 396. The van der Waals surface area contributed by atoms with Crippen LogP contribution in [-0.2, 0) is 6.54 Å². The number of hydrogen-bond acceptors (Lipinski definition) is 2. The van der Waals surface area contributed by atoms with Crippen molar-refractivity contribution >= 4 is 15.9 Å². The number of nitrogens with zero attached hydrogens (tertiary/aromatic N) is 2. The molecular formula is C10H13BrN2O. The lowest BCUT2D eigenvalue weighted by Gasteiger charge is -2.25. The SMILES string of the molecule is CCn1cnc(C2CCC2)c(Br)c1=O. The van der Waals surface area contributed by atoms with Gasteiger partial charge in [-0.2, -0.15) is 0 Å². The maximum atomic E-state index is 11.7. The summed E-state index contributed by atoms with van der Waals surface area (Å²) >= 11 is 3.35. The molecule has 0 saturated heterocycles. The molecular weight excluding hydrogens is 244 g/mol. The molecule has 0 N–H and O–H groups in total. The summed E-state index contributed by atoms with van der Waals surface area (Å²) in [4.78, 5) is 16.1. The van der Waals surface area contributed by atoms with E-state index in [1.807, 2.05) is 6.92 Å². The van der Waals surface area contributed by atoms with Crippen LogP contribution in [0.3, 0.4) is 0 Å². The predicted octanol–water partition coefficient (Wildman–Crippen LogP) is 2.29. The highest BCUT2D eigenvalue weighted by molar-refractivity contribution is 9.10. The van der Waals surface area contributed by atoms with Gasteiger partial charge in [0.2, 0.25) is 0 Å². The molecule has 1 aliphatic carbocycles. The highest BCUT2D eigenvalue weighted by atomic mass is 79.9. The Morgan fingerprint density at radius 3 is 2.86 bits per heavy atom. The fourth-order valence-corrected chi connectivity index (χ4v) is 2.32. The topological polar surface area (TPSA) is 34.9 Å². The van der Waals surface area contributed by atoms with E-state index >= 15 is 0 Å². The minimum absolute atomic E-state index is 0.0457. The van der Waals surface area contributed by atoms with Crippen LogP contribution in [0.2, 0.25) is 0 Å². The first-order chi connectivity index (χ1) is 6.74. The van der Waals surface area contributed by atoms with Crippen LogP contribution < -0.4 is 5.56 Å². The van der Waals surface area contributed by atoms with Gasteiger partial charge in [0.05, 0.1) is 12.0 Å². The maximum absolute atomic E-state index is 11.7. The van der Waals surface area contributed by atoms with Gasteiger partial charge in [0.15, 0.2) is 0 Å². The molecule has 1 fully saturated rings. The molecule has 0 amide bonds. The van der Waals surface area contributed by atoms with Crippen LogP contribution in [0.15, 0.2) is 15.6 Å². The Morgan fingerprint density at radius 2 is 2.36 bits per heavy atom. The van der Waals surface area contributed by atoms with Crippen molar-refractivity contribution in [2.45, 2.75) is 38.6 Å². The highest BCUT2D eigenvalue weighted by Crippen LogP contribution is 2.37. The van der Waals surface area contributed by atoms with Crippen LogP contribution in [0.1, 0.15) is 37.8 Å². The van der Waals surface area contributed by atoms with Crippen molar-refractivity contribution in [3.8, 4) is 0 Å². The quantitative estimate of drug-likeness (QED) is 0.814. The zero-order valence-corrected chi connectivity index (χ0v) is 9.75. The first-order valence-electron chi connectivity index (χ1n) is 4.99. The second-order valence-electron chi connectivity index (χ2n) is 3.66. The first-order valence-corrected chi connectivity index (χ1v) is 5.78. The summed E-state index contributed by atoms with van der Waals surface area (Å²) in [5.41, 5.74) is 0.996. The molecule has 4 heteroatoms. The van der Waals surface area contributed by atoms with E-state index in [9.17, 15) is 4.79 Å². The molecule has 76 valence electrons. The maximum Gasteiger partial charge on any atom is 0.267 e. The summed E-state index contributed by atoms with van der Waals surface area (Å²) in [6.45, 7) is 2.62. The summed E-state index contributed by atoms with van der Waals surface area (Å²) in [7, 11) is 0. The molecule has 1 aliphatic rings. The second kappa shape index (κ2) is 3.85. The average Bonchev–Trinajstić information content (AvgIpc) is 2.10. The van der Waals surface area contributed by atoms with Crippen LogP contribution in [0.25, 0.3) is 0 Å². The fourth-order valence-electron chi connectivity index (χ4n) is 1.67. The van der Waals surface area contributed by atoms with Gasteiger partial charge in [-0.05, 0) is 35.7 Å². The second-order valence-corrected chi connectivity index (χ2v) is 4.46. The zero-order valence-electron chi connectivity index (χ0n) is 8.16. The number of aromatic nitrogens is 2. The predicted molar refractivity (Wildman–Crippen MR) is 58.5 cm³/mol. The van der Waals surface area contributed by atoms with Crippen LogP contribution in [-0.4, -0.2) is 9.55 Å². The van der Waals surface area contributed by atoms with E-state index < -0.39 is 0 Å². The van der Waals surface area contributed by atoms with Gasteiger partial charge in [-0.15, -0.1) is 0 Å². The minimum atomic E-state index is 0.0457. The van der Waals surface area contributed by atoms with Gasteiger partial charge in [-0.1, -0.05) is 6.42 Å². The summed E-state index contributed by atoms with van der Waals surface area (Å²) in [5, 5.41) is 0. The van der Waals surface area contributed by atoms with Crippen LogP contribution in [0, 0.1) is 0 Å². The third kappa shape index (κ3) is 1.52. The molecule has 0 radical (unpaired) electrons. The Balaban J connectivity index is 2.43. The van der Waals surface area contributed by atoms with Crippen molar-refractivity contribution < 1.29 is 0 Å². The summed E-state index contributed by atoms with van der Waals surface area (Å²) in [6, 6.07) is 0. The molecule has 14 heavy (non-hydrogen) atoms. The number of halogens is 1. The van der Waals surface area contributed by atoms with Crippen LogP contribution in [0.4, 0.5) is 0 Å². The normalized spacial score (nSPS) is 16.7. The van der Waals surface area contributed by atoms with Crippen molar-refractivity contribution in [1.29, 1.82) is 0 Å². The van der Waals surface area contributed by atoms with Gasteiger partial charge in [0.25, 0.3) is 5.56 Å². The van der Waals surface area contributed by atoms with Gasteiger partial charge in [0.1, 0.15) is 4.47 Å². The smallest absolute Gasteiger partial charge is 0.267 e. The van der Waals surface area contributed by atoms with Gasteiger partial charge in [-0.25, -0.2) is 4.98 Å². The number of hydrogen-bond donors (Lipinski definition) is 0. The molecule has 0 unspecified atom stereocenters. The van der Waals surface area contributed by atoms with Gasteiger partial charge in [0, 0.05) is 12.5 Å². The lowest BCUT2D eigenvalue weighted by atomic mass is 9.83. The number of rotatable bonds is 2. The molecule has 1 saturated carbocycles. The standard InChI is InChI=1S/C10H13BrN2O/c1-2-13-6-12-9(7-4-3-5-7)8(11)10(13)14/h6-7H,2-5H2,1H3. The third-order valence-electron chi connectivity index (χ3n) is 2.84. The molecule has 3 nitrogen and oxygen atoms in total. The summed E-state index contributed by atoms with van der Waals surface area (Å²) in [5.74, 6) is 0.503. The van der Waals surface area contributed by atoms with E-state index in [1.165, 1.54) is 19.3 Å². The molecule has 1 aromatic heterocycles. The van der Waals surface area contributed by atoms with Crippen molar-refractivity contribution in [3.63, 3.8) is 0 Å². The Kier molecular flexibility index (Phi) is 2.72. The van der Waals surface area contributed by atoms with E-state index in [4.69, 9.17) is 0 Å². The lowest BCUT2D eigenvalue weighted by Crippen LogP contribution is -2.24. The van der Waals surface area contributed by atoms with E-state index in [-0.39, 0.29) is 5.56 Å². The van der Waals surface area contributed by atoms with Crippen molar-refractivity contribution in [3.05, 3.63) is 26.8 Å². The Hall–Kier alpha value is -0.640. The van der Waals surface area contributed by atoms with E-state index in [0.29, 0.717) is 16.9 Å². The van der Waals surface area contributed by atoms with E-state index in [1.54, 1.807) is 10.9 Å². The average molecular weight is 257 g/mol. The molecule has 0 aliphatic heterocycles. The first kappa shape index (κ1) is 9.90. The minimum Gasteiger partial charge on any atom is -0.299 e. The molecule has 0 atom stereocenters. The Labute approximate surface area is 91.3 Å². The van der Waals surface area contributed by atoms with E-state index in [0.717, 1.165) is 5.69 Å². The molecule has 2 rings (SSSR count). The van der Waals surface area contributed by atoms with Crippen molar-refractivity contribution in [1.82, 2.24) is 9.55 Å². The van der Waals surface area contributed by atoms with Gasteiger partial charge < -0.3 is 0 Å². The summed E-state index contributed by atoms with van der Waals surface area (Å²) in [6.07, 6.45) is 5.25. The molecule has 0 spiro atoms. The van der Waals surface area contributed by atoms with Gasteiger partial charge in [-0.3, -0.25) is 9.36 Å². The lowest BCUT2D eigenvalue weighted by molar-refractivity contribution is 0.407. The van der Waals surface area contributed by atoms with Gasteiger partial charge >= 0.3 is 0 Å². The third-order valence-corrected chi connectivity index (χ3v) is 3.59. The van der Waals surface area contributed by atoms with Crippen LogP contribution in [0.5, 0.6) is 0 Å². The fraction of sp³-hybridized carbons (Fsp3) is 0.600. The van der Waals surface area contributed by atoms with E-state index in [2.05, 4.69) is 20.9 Å². The monoisotopic (exact) mass is 256 g/mol. The van der Waals surface area contributed by atoms with Crippen LogP contribution >= 0.6 is 15.9 Å². The van der Waals surface area contributed by atoms with Crippen molar-refractivity contribution in [2.24, 2.45) is 0 Å². The largest absolute Gasteiger partial charge is 0.299 e. The Morgan fingerprint density at radius 1 is 1.64 bits per heavy atom. The molecule has 0 aromatic carbocycles. The molecule has 1 aromatic rings. The number of aryl methyl sites for hydroxylation is 1. The van der Waals surface area contributed by atoms with Crippen molar-refractivity contribution in [2.75, 3.05) is 0 Å². The molecule has 1 heterocycles. The highest BCUT2D eigenvalue weighted by Gasteiger charge is 2.24. The molecule has 0 bridgehead atoms. The zero-order chi connectivity index (χ0) is 10.1.